The summed E-state index contributed by atoms with van der Waals surface area (Å²) < 4.78 is 26.2. The third-order valence-corrected chi connectivity index (χ3v) is 8.28. The van der Waals surface area contributed by atoms with Crippen molar-refractivity contribution < 1.29 is 18.7 Å². The maximum absolute atomic E-state index is 14.1. The number of nitrogens with zero attached hydrogens (tertiary/aromatic N) is 5. The summed E-state index contributed by atoms with van der Waals surface area (Å²) >= 11 is 0. The maximum Gasteiger partial charge on any atom is 0.257 e. The Balaban J connectivity index is 1.22. The largest absolute Gasteiger partial charge is 0.451 e. The number of nitrogens with two attached hydrogens (primary N) is 1. The number of ether oxygens (including phenoxy) is 2. The van der Waals surface area contributed by atoms with E-state index >= 15 is 0 Å². The summed E-state index contributed by atoms with van der Waals surface area (Å²) in [6, 6.07) is 4.16. The summed E-state index contributed by atoms with van der Waals surface area (Å²) in [5.41, 5.74) is 6.40. The molecule has 0 saturated carbocycles. The minimum absolute atomic E-state index is 0.0357. The second kappa shape index (κ2) is 11.1. The summed E-state index contributed by atoms with van der Waals surface area (Å²) in [5.74, 6) is 0.649. The topological polar surface area (TPSA) is 97.1 Å². The first-order chi connectivity index (χ1) is 18.2. The monoisotopic (exact) mass is 526 g/mol. The third kappa shape index (κ3) is 5.77. The number of piperidine rings is 1. The highest BCUT2D eigenvalue weighted by Crippen LogP contribution is 2.45. The molecule has 9 nitrogen and oxygen atoms in total. The zero-order valence-electron chi connectivity index (χ0n) is 22.6. The molecule has 5 rings (SSSR count). The highest BCUT2D eigenvalue weighted by Gasteiger charge is 2.46. The van der Waals surface area contributed by atoms with E-state index in [9.17, 15) is 9.18 Å². The molecular weight excluding hydrogens is 487 g/mol. The maximum atomic E-state index is 14.1. The molecule has 3 aliphatic rings. The zero-order chi connectivity index (χ0) is 26.9. The van der Waals surface area contributed by atoms with Gasteiger partial charge >= 0.3 is 0 Å². The van der Waals surface area contributed by atoms with Gasteiger partial charge in [-0.05, 0) is 70.8 Å². The van der Waals surface area contributed by atoms with Crippen LogP contribution in [0.25, 0.3) is 0 Å². The van der Waals surface area contributed by atoms with Gasteiger partial charge in [-0.2, -0.15) is 0 Å². The Morgan fingerprint density at radius 1 is 1.26 bits per heavy atom. The van der Waals surface area contributed by atoms with Crippen LogP contribution in [-0.2, 0) is 4.74 Å². The number of amides is 1. The van der Waals surface area contributed by atoms with Crippen molar-refractivity contribution in [1.82, 2.24) is 19.8 Å². The lowest BCUT2D eigenvalue weighted by atomic mass is 9.72. The number of benzene rings is 1. The fourth-order valence-corrected chi connectivity index (χ4v) is 5.62. The Bertz CT molecular complexity index is 1120. The molecule has 0 aliphatic carbocycles. The smallest absolute Gasteiger partial charge is 0.257 e. The predicted molar refractivity (Wildman–Crippen MR) is 143 cm³/mol. The normalized spacial score (nSPS) is 23.4. The van der Waals surface area contributed by atoms with E-state index in [1.54, 1.807) is 18.1 Å². The molecule has 10 heteroatoms. The summed E-state index contributed by atoms with van der Waals surface area (Å²) in [5, 5.41) is 0. The molecule has 1 aromatic heterocycles. The number of hydrogen-bond donors (Lipinski definition) is 1. The Labute approximate surface area is 224 Å². The molecule has 2 atom stereocenters. The van der Waals surface area contributed by atoms with Crippen molar-refractivity contribution in [3.05, 3.63) is 42.1 Å². The molecule has 3 fully saturated rings. The van der Waals surface area contributed by atoms with Gasteiger partial charge in [-0.1, -0.05) is 0 Å². The van der Waals surface area contributed by atoms with Crippen molar-refractivity contribution in [2.45, 2.75) is 57.7 Å². The van der Waals surface area contributed by atoms with Gasteiger partial charge in [0.25, 0.3) is 5.91 Å². The lowest BCUT2D eigenvalue weighted by Gasteiger charge is -2.54. The molecule has 3 aliphatic heterocycles. The third-order valence-electron chi connectivity index (χ3n) is 8.28. The fraction of sp³-hybridized carbons (Fsp3) is 0.607. The van der Waals surface area contributed by atoms with E-state index in [1.165, 1.54) is 24.5 Å². The van der Waals surface area contributed by atoms with E-state index in [1.807, 2.05) is 13.8 Å². The van der Waals surface area contributed by atoms with Crippen LogP contribution in [0.2, 0.25) is 0 Å². The van der Waals surface area contributed by atoms with Crippen molar-refractivity contribution >= 4 is 11.7 Å². The molecule has 4 heterocycles. The van der Waals surface area contributed by atoms with Gasteiger partial charge in [-0.25, -0.2) is 14.4 Å². The van der Waals surface area contributed by atoms with Crippen LogP contribution in [0.5, 0.6) is 11.5 Å². The fourth-order valence-electron chi connectivity index (χ4n) is 5.62. The standard InChI is InChI=1S/C28H39FN6O3/c1-19(2)33(3)27(36)23-12-20(29)4-7-24(23)38-25-13-31-18-32-26(25)35-16-28(17-35)8-10-34(11-9-28)14-22-6-5-21(30)15-37-22/h4,7,12-13,18-19,21-22H,5-6,8-11,14-17,30H2,1-3H3/t21-,22+/m1/s1. The van der Waals surface area contributed by atoms with Crippen LogP contribution in [0.15, 0.2) is 30.7 Å². The zero-order valence-corrected chi connectivity index (χ0v) is 22.6. The minimum Gasteiger partial charge on any atom is -0.451 e. The molecule has 0 bridgehead atoms. The Kier molecular flexibility index (Phi) is 7.83. The summed E-state index contributed by atoms with van der Waals surface area (Å²) in [7, 11) is 1.70. The van der Waals surface area contributed by atoms with Gasteiger partial charge < -0.3 is 29.9 Å². The van der Waals surface area contributed by atoms with Crippen LogP contribution in [0.4, 0.5) is 10.2 Å². The minimum atomic E-state index is -0.489. The van der Waals surface area contributed by atoms with Crippen LogP contribution in [0, 0.1) is 11.2 Å². The van der Waals surface area contributed by atoms with Gasteiger partial charge in [0.05, 0.1) is 24.5 Å². The lowest BCUT2D eigenvalue weighted by Crippen LogP contribution is -2.61. The number of hydrogen-bond acceptors (Lipinski definition) is 8. The SMILES string of the molecule is CC(C)N(C)C(=O)c1cc(F)ccc1Oc1cncnc1N1CC2(CCN(C[C@@H]3CC[C@@H](N)CO3)CC2)C1. The second-order valence-electron chi connectivity index (χ2n) is 11.4. The number of carbonyl (C=O) groups is 1. The van der Waals surface area contributed by atoms with E-state index in [-0.39, 0.29) is 34.7 Å². The second-order valence-corrected chi connectivity index (χ2v) is 11.4. The quantitative estimate of drug-likeness (QED) is 0.587. The van der Waals surface area contributed by atoms with E-state index in [0.717, 1.165) is 58.4 Å². The highest BCUT2D eigenvalue weighted by molar-refractivity contribution is 5.97. The van der Waals surface area contributed by atoms with Crippen molar-refractivity contribution in [1.29, 1.82) is 0 Å². The van der Waals surface area contributed by atoms with Gasteiger partial charge in [0.2, 0.25) is 0 Å². The average molecular weight is 527 g/mol. The first-order valence-corrected chi connectivity index (χ1v) is 13.6. The first-order valence-electron chi connectivity index (χ1n) is 13.6. The van der Waals surface area contributed by atoms with E-state index in [2.05, 4.69) is 19.8 Å². The molecule has 2 N–H and O–H groups in total. The molecule has 1 aromatic carbocycles. The van der Waals surface area contributed by atoms with Crippen molar-refractivity contribution in [2.75, 3.05) is 51.3 Å². The number of carbonyl (C=O) groups excluding carboxylic acids is 1. The molecule has 0 radical (unpaired) electrons. The number of rotatable bonds is 7. The summed E-state index contributed by atoms with van der Waals surface area (Å²) in [4.78, 5) is 28.0. The molecule has 3 saturated heterocycles. The summed E-state index contributed by atoms with van der Waals surface area (Å²) in [6.07, 6.45) is 7.77. The van der Waals surface area contributed by atoms with Crippen LogP contribution in [0.1, 0.15) is 49.9 Å². The van der Waals surface area contributed by atoms with Crippen LogP contribution in [-0.4, -0.2) is 90.2 Å². The number of halogens is 1. The Morgan fingerprint density at radius 2 is 2.03 bits per heavy atom. The van der Waals surface area contributed by atoms with E-state index in [0.29, 0.717) is 24.3 Å². The lowest BCUT2D eigenvalue weighted by molar-refractivity contribution is -0.0277. The van der Waals surface area contributed by atoms with E-state index < -0.39 is 5.82 Å². The number of likely N-dealkylation sites (tertiary alicyclic amines) is 1. The van der Waals surface area contributed by atoms with E-state index in [4.69, 9.17) is 15.2 Å². The average Bonchev–Trinajstić information content (AvgIpc) is 2.90. The number of aromatic nitrogens is 2. The highest BCUT2D eigenvalue weighted by atomic mass is 19.1. The Morgan fingerprint density at radius 3 is 2.71 bits per heavy atom. The van der Waals surface area contributed by atoms with Gasteiger partial charge in [0.15, 0.2) is 11.6 Å². The van der Waals surface area contributed by atoms with Gasteiger partial charge in [0.1, 0.15) is 17.9 Å². The molecule has 0 unspecified atom stereocenters. The predicted octanol–water partition coefficient (Wildman–Crippen LogP) is 3.30. The summed E-state index contributed by atoms with van der Waals surface area (Å²) in [6.45, 7) is 9.40. The van der Waals surface area contributed by atoms with Crippen molar-refractivity contribution in [2.24, 2.45) is 11.1 Å². The molecule has 38 heavy (non-hydrogen) atoms. The van der Waals surface area contributed by atoms with Crippen LogP contribution < -0.4 is 15.4 Å². The molecule has 1 amide bonds. The van der Waals surface area contributed by atoms with Crippen molar-refractivity contribution in [3.63, 3.8) is 0 Å². The van der Waals surface area contributed by atoms with Gasteiger partial charge in [-0.15, -0.1) is 0 Å². The molecule has 1 spiro atoms. The van der Waals surface area contributed by atoms with Crippen LogP contribution >= 0.6 is 0 Å². The molecule has 206 valence electrons. The first kappa shape index (κ1) is 26.8. The molecular formula is C28H39FN6O3. The van der Waals surface area contributed by atoms with Crippen molar-refractivity contribution in [3.8, 4) is 11.5 Å². The number of anilines is 1. The Hall–Kier alpha value is -2.82. The van der Waals surface area contributed by atoms with Gasteiger partial charge in [-0.3, -0.25) is 4.79 Å². The van der Waals surface area contributed by atoms with Gasteiger partial charge in [0, 0.05) is 44.2 Å². The molecule has 2 aromatic rings. The van der Waals surface area contributed by atoms with Crippen LogP contribution in [0.3, 0.4) is 0 Å².